The minimum absolute atomic E-state index is 0.00639. The monoisotopic (exact) mass is 237 g/mol. The van der Waals surface area contributed by atoms with Gasteiger partial charge in [0, 0.05) is 6.54 Å². The summed E-state index contributed by atoms with van der Waals surface area (Å²) >= 11 is 0. The van der Waals surface area contributed by atoms with Crippen LogP contribution in [0.3, 0.4) is 0 Å². The molecule has 0 fully saturated rings. The highest BCUT2D eigenvalue weighted by molar-refractivity contribution is 5.75. The largest absolute Gasteiger partial charge is 0.493 e. The summed E-state index contributed by atoms with van der Waals surface area (Å²) in [6.07, 6.45) is -0.120. The number of hydrogen-bond acceptors (Lipinski definition) is 3. The third-order valence-corrected chi connectivity index (χ3v) is 2.33. The fourth-order valence-electron chi connectivity index (χ4n) is 1.39. The van der Waals surface area contributed by atoms with Crippen LogP contribution in [0.2, 0.25) is 0 Å². The molecular weight excluding hydrogens is 218 g/mol. The van der Waals surface area contributed by atoms with Crippen molar-refractivity contribution in [2.75, 3.05) is 13.2 Å². The van der Waals surface area contributed by atoms with Crippen LogP contribution in [0.25, 0.3) is 0 Å². The van der Waals surface area contributed by atoms with Gasteiger partial charge < -0.3 is 15.2 Å². The molecule has 1 aromatic rings. The predicted molar refractivity (Wildman–Crippen MR) is 65.9 cm³/mol. The van der Waals surface area contributed by atoms with Crippen LogP contribution in [0.15, 0.2) is 24.3 Å². The predicted octanol–water partition coefficient (Wildman–Crippen LogP) is 1.64. The van der Waals surface area contributed by atoms with E-state index in [1.54, 1.807) is 19.1 Å². The van der Waals surface area contributed by atoms with Crippen molar-refractivity contribution in [3.05, 3.63) is 29.8 Å². The number of benzene rings is 1. The quantitative estimate of drug-likeness (QED) is 0.791. The van der Waals surface area contributed by atoms with Gasteiger partial charge in [0.2, 0.25) is 5.91 Å². The van der Waals surface area contributed by atoms with Crippen LogP contribution in [0, 0.1) is 0 Å². The third-order valence-electron chi connectivity index (χ3n) is 2.33. The molecule has 2 N–H and O–H groups in total. The fraction of sp³-hybridized carbons (Fsp3) is 0.462. The molecule has 1 unspecified atom stereocenters. The summed E-state index contributed by atoms with van der Waals surface area (Å²) in [5.41, 5.74) is 0.848. The summed E-state index contributed by atoms with van der Waals surface area (Å²) in [4.78, 5) is 11.2. The first kappa shape index (κ1) is 13.5. The molecule has 1 atom stereocenters. The Morgan fingerprint density at radius 1 is 1.41 bits per heavy atom. The van der Waals surface area contributed by atoms with Gasteiger partial charge in [-0.05, 0) is 31.5 Å². The molecule has 1 rings (SSSR count). The molecule has 0 bridgehead atoms. The number of amides is 1. The highest BCUT2D eigenvalue weighted by atomic mass is 16.5. The van der Waals surface area contributed by atoms with E-state index in [1.807, 2.05) is 19.1 Å². The Hall–Kier alpha value is -1.55. The lowest BCUT2D eigenvalue weighted by molar-refractivity contribution is -0.121. The van der Waals surface area contributed by atoms with Crippen molar-refractivity contribution in [2.45, 2.75) is 26.4 Å². The summed E-state index contributed by atoms with van der Waals surface area (Å²) in [5, 5.41) is 12.0. The zero-order valence-electron chi connectivity index (χ0n) is 10.3. The van der Waals surface area contributed by atoms with Crippen molar-refractivity contribution in [2.24, 2.45) is 0 Å². The lowest BCUT2D eigenvalue weighted by Crippen LogP contribution is -2.24. The number of carbonyl (C=O) groups excluding carboxylic acids is 1. The Bertz CT molecular complexity index is 346. The van der Waals surface area contributed by atoms with Crippen LogP contribution in [-0.2, 0) is 4.79 Å². The second kappa shape index (κ2) is 6.91. The van der Waals surface area contributed by atoms with Crippen LogP contribution < -0.4 is 10.1 Å². The van der Waals surface area contributed by atoms with Gasteiger partial charge in [-0.25, -0.2) is 0 Å². The standard InChI is InChI=1S/C13H19NO3/c1-3-14-13(16)8-9-17-12-6-4-11(5-7-12)10(2)15/h4-7,10,15H,3,8-9H2,1-2H3,(H,14,16). The number of aliphatic hydroxyl groups excluding tert-OH is 1. The lowest BCUT2D eigenvalue weighted by Gasteiger charge is -2.08. The number of carbonyl (C=O) groups is 1. The molecule has 0 aliphatic heterocycles. The van der Waals surface area contributed by atoms with Gasteiger partial charge in [0.1, 0.15) is 5.75 Å². The topological polar surface area (TPSA) is 58.6 Å². The van der Waals surface area contributed by atoms with Crippen LogP contribution in [0.5, 0.6) is 5.75 Å². The maximum atomic E-state index is 11.2. The third kappa shape index (κ3) is 4.87. The molecule has 0 aromatic heterocycles. The smallest absolute Gasteiger partial charge is 0.223 e. The van der Waals surface area contributed by atoms with Crippen molar-refractivity contribution in [3.63, 3.8) is 0 Å². The van der Waals surface area contributed by atoms with Gasteiger partial charge in [0.25, 0.3) is 0 Å². The Kier molecular flexibility index (Phi) is 5.49. The maximum absolute atomic E-state index is 11.2. The minimum Gasteiger partial charge on any atom is -0.493 e. The molecule has 0 radical (unpaired) electrons. The Morgan fingerprint density at radius 3 is 2.59 bits per heavy atom. The van der Waals surface area contributed by atoms with Gasteiger partial charge in [-0.15, -0.1) is 0 Å². The molecule has 0 saturated carbocycles. The van der Waals surface area contributed by atoms with Crippen molar-refractivity contribution < 1.29 is 14.6 Å². The first-order chi connectivity index (χ1) is 8.13. The van der Waals surface area contributed by atoms with Gasteiger partial charge in [0.15, 0.2) is 0 Å². The van der Waals surface area contributed by atoms with Crippen molar-refractivity contribution in [1.29, 1.82) is 0 Å². The molecule has 4 heteroatoms. The Labute approximate surface area is 102 Å². The van der Waals surface area contributed by atoms with Gasteiger partial charge >= 0.3 is 0 Å². The molecule has 0 saturated heterocycles. The summed E-state index contributed by atoms with van der Waals surface area (Å²) in [6, 6.07) is 7.21. The number of hydrogen-bond donors (Lipinski definition) is 2. The molecule has 17 heavy (non-hydrogen) atoms. The average Bonchev–Trinajstić information content (AvgIpc) is 2.30. The molecule has 94 valence electrons. The minimum atomic E-state index is -0.473. The van der Waals surface area contributed by atoms with E-state index in [2.05, 4.69) is 5.32 Å². The highest BCUT2D eigenvalue weighted by Gasteiger charge is 2.02. The number of nitrogens with one attached hydrogen (secondary N) is 1. The highest BCUT2D eigenvalue weighted by Crippen LogP contribution is 2.17. The normalized spacial score (nSPS) is 11.9. The molecule has 0 spiro atoms. The van der Waals surface area contributed by atoms with Crippen molar-refractivity contribution in [3.8, 4) is 5.75 Å². The Balaban J connectivity index is 2.35. The molecule has 1 amide bonds. The summed E-state index contributed by atoms with van der Waals surface area (Å²) in [5.74, 6) is 0.701. The van der Waals surface area contributed by atoms with Crippen molar-refractivity contribution >= 4 is 5.91 Å². The molecule has 0 aliphatic carbocycles. The maximum Gasteiger partial charge on any atom is 0.223 e. The van der Waals surface area contributed by atoms with E-state index in [1.165, 1.54) is 0 Å². The van der Waals surface area contributed by atoms with Crippen LogP contribution in [-0.4, -0.2) is 24.2 Å². The van der Waals surface area contributed by atoms with Gasteiger partial charge in [-0.3, -0.25) is 4.79 Å². The second-order valence-corrected chi connectivity index (χ2v) is 3.80. The second-order valence-electron chi connectivity index (χ2n) is 3.80. The molecular formula is C13H19NO3. The van der Waals surface area contributed by atoms with E-state index in [9.17, 15) is 9.90 Å². The summed E-state index contributed by atoms with van der Waals surface area (Å²) in [7, 11) is 0. The van der Waals surface area contributed by atoms with Gasteiger partial charge in [-0.1, -0.05) is 12.1 Å². The summed E-state index contributed by atoms with van der Waals surface area (Å²) < 4.78 is 5.42. The molecule has 1 aromatic carbocycles. The number of aliphatic hydroxyl groups is 1. The molecule has 0 heterocycles. The number of rotatable bonds is 6. The van der Waals surface area contributed by atoms with Crippen LogP contribution >= 0.6 is 0 Å². The van der Waals surface area contributed by atoms with Gasteiger partial charge in [-0.2, -0.15) is 0 Å². The van der Waals surface area contributed by atoms with E-state index in [4.69, 9.17) is 4.74 Å². The number of ether oxygens (including phenoxy) is 1. The molecule has 0 aliphatic rings. The van der Waals surface area contributed by atoms with E-state index < -0.39 is 6.10 Å². The first-order valence-electron chi connectivity index (χ1n) is 5.81. The zero-order valence-corrected chi connectivity index (χ0v) is 10.3. The van der Waals surface area contributed by atoms with Crippen LogP contribution in [0.4, 0.5) is 0 Å². The summed E-state index contributed by atoms with van der Waals surface area (Å²) in [6.45, 7) is 4.60. The first-order valence-corrected chi connectivity index (χ1v) is 5.81. The van der Waals surface area contributed by atoms with E-state index >= 15 is 0 Å². The zero-order chi connectivity index (χ0) is 12.7. The average molecular weight is 237 g/mol. The van der Waals surface area contributed by atoms with Gasteiger partial charge in [0.05, 0.1) is 19.1 Å². The molecule has 4 nitrogen and oxygen atoms in total. The SMILES string of the molecule is CCNC(=O)CCOc1ccc(C(C)O)cc1. The van der Waals surface area contributed by atoms with E-state index in [0.29, 0.717) is 25.3 Å². The van der Waals surface area contributed by atoms with E-state index in [0.717, 1.165) is 5.56 Å². The lowest BCUT2D eigenvalue weighted by atomic mass is 10.1. The van der Waals surface area contributed by atoms with Crippen molar-refractivity contribution in [1.82, 2.24) is 5.32 Å². The fourth-order valence-corrected chi connectivity index (χ4v) is 1.39. The van der Waals surface area contributed by atoms with E-state index in [-0.39, 0.29) is 5.91 Å². The Morgan fingerprint density at radius 2 is 2.06 bits per heavy atom. The van der Waals surface area contributed by atoms with Crippen LogP contribution in [0.1, 0.15) is 31.9 Å².